The minimum absolute atomic E-state index is 0.468. The van der Waals surface area contributed by atoms with Crippen LogP contribution in [0.2, 0.25) is 0 Å². The zero-order valence-corrected chi connectivity index (χ0v) is 16.2. The monoisotopic (exact) mass is 372 g/mol. The molecule has 136 valence electrons. The zero-order chi connectivity index (χ0) is 18.1. The molecule has 5 rings (SSSR count). The Morgan fingerprint density at radius 3 is 2.15 bits per heavy atom. The molecule has 27 heavy (non-hydrogen) atoms. The average Bonchev–Trinajstić information content (AvgIpc) is 2.91. The zero-order valence-electron chi connectivity index (χ0n) is 15.4. The molecule has 3 aromatic rings. The number of benzene rings is 3. The summed E-state index contributed by atoms with van der Waals surface area (Å²) in [4.78, 5) is 8.04. The molecule has 0 bridgehead atoms. The van der Waals surface area contributed by atoms with E-state index in [1.807, 2.05) is 11.8 Å². The number of piperazine rings is 1. The van der Waals surface area contributed by atoms with Gasteiger partial charge in [-0.3, -0.25) is 4.90 Å². The number of para-hydroxylation sites is 1. The highest BCUT2D eigenvalue weighted by atomic mass is 32.2. The fourth-order valence-electron chi connectivity index (χ4n) is 4.31. The van der Waals surface area contributed by atoms with Crippen molar-refractivity contribution in [2.45, 2.75) is 22.3 Å². The van der Waals surface area contributed by atoms with E-state index in [4.69, 9.17) is 0 Å². The minimum Gasteiger partial charge on any atom is -0.369 e. The Hall–Kier alpha value is -2.23. The third-order valence-electron chi connectivity index (χ3n) is 5.76. The fraction of sp³-hybridized carbons (Fsp3) is 0.250. The summed E-state index contributed by atoms with van der Waals surface area (Å²) in [5.41, 5.74) is 4.32. The molecule has 0 spiro atoms. The Kier molecular flexibility index (Phi) is 4.64. The summed E-state index contributed by atoms with van der Waals surface area (Å²) < 4.78 is 0. The molecule has 2 heterocycles. The van der Waals surface area contributed by atoms with Crippen molar-refractivity contribution in [2.24, 2.45) is 0 Å². The summed E-state index contributed by atoms with van der Waals surface area (Å²) in [6.07, 6.45) is 1.10. The van der Waals surface area contributed by atoms with E-state index in [9.17, 15) is 0 Å². The van der Waals surface area contributed by atoms with Gasteiger partial charge in [0.15, 0.2) is 0 Å². The van der Waals surface area contributed by atoms with Gasteiger partial charge in [-0.2, -0.15) is 0 Å². The van der Waals surface area contributed by atoms with Gasteiger partial charge >= 0.3 is 0 Å². The van der Waals surface area contributed by atoms with Crippen molar-refractivity contribution in [1.29, 1.82) is 0 Å². The maximum absolute atomic E-state index is 2.70. The number of fused-ring (bicyclic) bond motifs is 2. The maximum Gasteiger partial charge on any atom is 0.0401 e. The Morgan fingerprint density at radius 2 is 1.33 bits per heavy atom. The molecular weight excluding hydrogens is 348 g/mol. The fourth-order valence-corrected chi connectivity index (χ4v) is 5.45. The molecule has 1 saturated heterocycles. The first-order valence-corrected chi connectivity index (χ1v) is 10.6. The first-order valence-electron chi connectivity index (χ1n) is 9.77. The summed E-state index contributed by atoms with van der Waals surface area (Å²) in [6, 6.07) is 29.2. The molecule has 2 aliphatic heterocycles. The molecule has 0 N–H and O–H groups in total. The van der Waals surface area contributed by atoms with E-state index >= 15 is 0 Å². The largest absolute Gasteiger partial charge is 0.369 e. The van der Waals surface area contributed by atoms with Crippen LogP contribution >= 0.6 is 11.8 Å². The first kappa shape index (κ1) is 16.9. The highest BCUT2D eigenvalue weighted by molar-refractivity contribution is 7.99. The van der Waals surface area contributed by atoms with Crippen LogP contribution in [0.4, 0.5) is 5.69 Å². The quantitative estimate of drug-likeness (QED) is 0.606. The molecule has 1 fully saturated rings. The number of anilines is 1. The third kappa shape index (κ3) is 3.38. The predicted molar refractivity (Wildman–Crippen MR) is 114 cm³/mol. The molecule has 0 radical (unpaired) electrons. The molecule has 2 aliphatic rings. The summed E-state index contributed by atoms with van der Waals surface area (Å²) >= 11 is 1.93. The third-order valence-corrected chi connectivity index (χ3v) is 6.97. The highest BCUT2D eigenvalue weighted by Gasteiger charge is 2.29. The van der Waals surface area contributed by atoms with Gasteiger partial charge in [-0.05, 0) is 41.8 Å². The van der Waals surface area contributed by atoms with Gasteiger partial charge in [0, 0.05) is 47.7 Å². The van der Waals surface area contributed by atoms with Crippen LogP contribution in [0.25, 0.3) is 0 Å². The second kappa shape index (κ2) is 7.41. The van der Waals surface area contributed by atoms with Gasteiger partial charge in [-0.15, -0.1) is 0 Å². The minimum atomic E-state index is 0.468. The lowest BCUT2D eigenvalue weighted by molar-refractivity contribution is 0.182. The second-order valence-electron chi connectivity index (χ2n) is 7.33. The van der Waals surface area contributed by atoms with Crippen LogP contribution in [0, 0.1) is 0 Å². The lowest BCUT2D eigenvalue weighted by Gasteiger charge is -2.40. The van der Waals surface area contributed by atoms with Gasteiger partial charge in [0.2, 0.25) is 0 Å². The molecule has 3 aromatic carbocycles. The smallest absolute Gasteiger partial charge is 0.0401 e. The van der Waals surface area contributed by atoms with Crippen molar-refractivity contribution in [3.05, 3.63) is 90.0 Å². The van der Waals surface area contributed by atoms with Gasteiger partial charge in [0.05, 0.1) is 0 Å². The van der Waals surface area contributed by atoms with E-state index in [0.29, 0.717) is 6.04 Å². The summed E-state index contributed by atoms with van der Waals surface area (Å²) in [5, 5.41) is 0. The normalized spacial score (nSPS) is 19.9. The van der Waals surface area contributed by atoms with Gasteiger partial charge in [0.25, 0.3) is 0 Å². The van der Waals surface area contributed by atoms with E-state index < -0.39 is 0 Å². The Morgan fingerprint density at radius 1 is 0.667 bits per heavy atom. The Balaban J connectivity index is 1.41. The van der Waals surface area contributed by atoms with E-state index in [1.54, 1.807) is 0 Å². The van der Waals surface area contributed by atoms with Crippen LogP contribution in [0.15, 0.2) is 88.7 Å². The molecule has 0 aromatic heterocycles. The van der Waals surface area contributed by atoms with Gasteiger partial charge in [-0.25, -0.2) is 0 Å². The number of rotatable bonds is 2. The van der Waals surface area contributed by atoms with Crippen molar-refractivity contribution in [3.8, 4) is 0 Å². The lowest BCUT2D eigenvalue weighted by Crippen LogP contribution is -2.48. The van der Waals surface area contributed by atoms with Gasteiger partial charge in [-0.1, -0.05) is 66.4 Å². The van der Waals surface area contributed by atoms with Crippen LogP contribution in [0.1, 0.15) is 17.2 Å². The molecule has 0 unspecified atom stereocenters. The Labute approximate surface area is 165 Å². The van der Waals surface area contributed by atoms with E-state index in [1.165, 1.54) is 26.6 Å². The van der Waals surface area contributed by atoms with Crippen molar-refractivity contribution in [1.82, 2.24) is 4.90 Å². The van der Waals surface area contributed by atoms with Crippen molar-refractivity contribution < 1.29 is 0 Å². The van der Waals surface area contributed by atoms with Crippen LogP contribution in [0.3, 0.4) is 0 Å². The highest BCUT2D eigenvalue weighted by Crippen LogP contribution is 2.42. The number of hydrogen-bond acceptors (Lipinski definition) is 3. The molecule has 3 heteroatoms. The summed E-state index contributed by atoms with van der Waals surface area (Å²) in [7, 11) is 0. The molecule has 2 nitrogen and oxygen atoms in total. The van der Waals surface area contributed by atoms with Crippen molar-refractivity contribution in [2.75, 3.05) is 31.1 Å². The molecule has 0 saturated carbocycles. The van der Waals surface area contributed by atoms with Crippen molar-refractivity contribution >= 4 is 17.4 Å². The topological polar surface area (TPSA) is 6.48 Å². The number of hydrogen-bond donors (Lipinski definition) is 0. The van der Waals surface area contributed by atoms with Crippen LogP contribution in [-0.2, 0) is 6.42 Å². The van der Waals surface area contributed by atoms with Crippen LogP contribution in [-0.4, -0.2) is 31.1 Å². The maximum atomic E-state index is 2.70. The van der Waals surface area contributed by atoms with Crippen LogP contribution < -0.4 is 4.90 Å². The number of nitrogens with zero attached hydrogens (tertiary/aromatic N) is 2. The first-order chi connectivity index (χ1) is 13.4. The van der Waals surface area contributed by atoms with E-state index in [2.05, 4.69) is 88.7 Å². The van der Waals surface area contributed by atoms with Gasteiger partial charge < -0.3 is 4.90 Å². The molecule has 0 amide bonds. The van der Waals surface area contributed by atoms with E-state index in [-0.39, 0.29) is 0 Å². The SMILES string of the molecule is c1ccc(N2CCN([C@@H]3Cc4ccccc4Sc4ccccc43)CC2)cc1. The average molecular weight is 373 g/mol. The van der Waals surface area contributed by atoms with Crippen LogP contribution in [0.5, 0.6) is 0 Å². The van der Waals surface area contributed by atoms with Gasteiger partial charge in [0.1, 0.15) is 0 Å². The predicted octanol–water partition coefficient (Wildman–Crippen LogP) is 5.26. The lowest BCUT2D eigenvalue weighted by atomic mass is 9.96. The molecule has 1 atom stereocenters. The molecule has 0 aliphatic carbocycles. The Bertz CT molecular complexity index is 916. The molecular formula is C24H24N2S. The standard InChI is InChI=1S/C24H24N2S/c1-2-9-20(10-3-1)25-14-16-26(17-15-25)22-18-19-8-4-6-12-23(19)27-24-13-7-5-11-21(22)24/h1-13,22H,14-18H2/t22-/m1/s1. The second-order valence-corrected chi connectivity index (χ2v) is 8.41. The van der Waals surface area contributed by atoms with Crippen molar-refractivity contribution in [3.63, 3.8) is 0 Å². The summed E-state index contributed by atoms with van der Waals surface area (Å²) in [6.45, 7) is 4.41. The van der Waals surface area contributed by atoms with E-state index in [0.717, 1.165) is 32.6 Å². The summed E-state index contributed by atoms with van der Waals surface area (Å²) in [5.74, 6) is 0.